The molecule has 0 bridgehead atoms. The van der Waals surface area contributed by atoms with Crippen molar-refractivity contribution < 1.29 is 9.13 Å². The van der Waals surface area contributed by atoms with Crippen LogP contribution in [0.25, 0.3) is 0 Å². The third-order valence-electron chi connectivity index (χ3n) is 3.63. The zero-order valence-electron chi connectivity index (χ0n) is 13.4. The van der Waals surface area contributed by atoms with E-state index < -0.39 is 0 Å². The molecule has 116 valence electrons. The van der Waals surface area contributed by atoms with Gasteiger partial charge >= 0.3 is 0 Å². The predicted molar refractivity (Wildman–Crippen MR) is 82.6 cm³/mol. The SMILES string of the molecule is CNC(C)c1cc(F)ccc1OCCCCC(C)(C)C#N. The molecule has 0 saturated heterocycles. The Labute approximate surface area is 127 Å². The van der Waals surface area contributed by atoms with Gasteiger partial charge in [-0.3, -0.25) is 0 Å². The fourth-order valence-corrected chi connectivity index (χ4v) is 2.05. The normalized spacial score (nSPS) is 12.8. The van der Waals surface area contributed by atoms with E-state index in [1.165, 1.54) is 12.1 Å². The van der Waals surface area contributed by atoms with Gasteiger partial charge in [0.2, 0.25) is 0 Å². The smallest absolute Gasteiger partial charge is 0.124 e. The van der Waals surface area contributed by atoms with Crippen molar-refractivity contribution in [3.8, 4) is 11.8 Å². The molecule has 1 aromatic rings. The van der Waals surface area contributed by atoms with Crippen molar-refractivity contribution in [1.29, 1.82) is 5.26 Å². The van der Waals surface area contributed by atoms with Gasteiger partial charge in [-0.15, -0.1) is 0 Å². The maximum absolute atomic E-state index is 13.3. The molecule has 1 aromatic carbocycles. The molecule has 3 nitrogen and oxygen atoms in total. The summed E-state index contributed by atoms with van der Waals surface area (Å²) in [7, 11) is 1.84. The van der Waals surface area contributed by atoms with Crippen LogP contribution in [0, 0.1) is 22.6 Å². The maximum Gasteiger partial charge on any atom is 0.124 e. The minimum atomic E-state index is -0.276. The minimum Gasteiger partial charge on any atom is -0.493 e. The molecule has 1 atom stereocenters. The summed E-state index contributed by atoms with van der Waals surface area (Å²) in [5, 5.41) is 12.1. The fourth-order valence-electron chi connectivity index (χ4n) is 2.05. The monoisotopic (exact) mass is 292 g/mol. The van der Waals surface area contributed by atoms with E-state index in [0.29, 0.717) is 6.61 Å². The van der Waals surface area contributed by atoms with Crippen molar-refractivity contribution in [1.82, 2.24) is 5.32 Å². The lowest BCUT2D eigenvalue weighted by Gasteiger charge is -2.17. The first-order chi connectivity index (χ1) is 9.89. The summed E-state index contributed by atoms with van der Waals surface area (Å²) in [6.45, 7) is 6.44. The van der Waals surface area contributed by atoms with Crippen LogP contribution < -0.4 is 10.1 Å². The lowest BCUT2D eigenvalue weighted by Crippen LogP contribution is -2.14. The van der Waals surface area contributed by atoms with E-state index in [0.717, 1.165) is 30.6 Å². The first kappa shape index (κ1) is 17.5. The van der Waals surface area contributed by atoms with Gasteiger partial charge in [-0.05, 0) is 65.3 Å². The molecule has 0 fully saturated rings. The molecule has 21 heavy (non-hydrogen) atoms. The Kier molecular flexibility index (Phi) is 6.64. The number of halogens is 1. The summed E-state index contributed by atoms with van der Waals surface area (Å²) >= 11 is 0. The predicted octanol–water partition coefficient (Wildman–Crippen LogP) is 4.20. The standard InChI is InChI=1S/C17H25FN2O/c1-13(20-4)15-11-14(18)7-8-16(15)21-10-6-5-9-17(2,3)12-19/h7-8,11,13,20H,5-6,9-10H2,1-4H3. The van der Waals surface area contributed by atoms with Crippen LogP contribution in [-0.4, -0.2) is 13.7 Å². The van der Waals surface area contributed by atoms with Crippen LogP contribution in [0.5, 0.6) is 5.75 Å². The lowest BCUT2D eigenvalue weighted by atomic mass is 9.89. The van der Waals surface area contributed by atoms with Crippen molar-refractivity contribution in [2.75, 3.05) is 13.7 Å². The first-order valence-corrected chi connectivity index (χ1v) is 7.40. The number of nitriles is 1. The van der Waals surface area contributed by atoms with Crippen LogP contribution in [0.1, 0.15) is 51.6 Å². The average Bonchev–Trinajstić information content (AvgIpc) is 2.47. The topological polar surface area (TPSA) is 45.0 Å². The van der Waals surface area contributed by atoms with Gasteiger partial charge in [-0.25, -0.2) is 4.39 Å². The highest BCUT2D eigenvalue weighted by Gasteiger charge is 2.16. The second kappa shape index (κ2) is 7.99. The minimum absolute atomic E-state index is 0.0354. The van der Waals surface area contributed by atoms with Crippen molar-refractivity contribution in [3.05, 3.63) is 29.6 Å². The number of benzene rings is 1. The van der Waals surface area contributed by atoms with Crippen LogP contribution in [0.4, 0.5) is 4.39 Å². The summed E-state index contributed by atoms with van der Waals surface area (Å²) in [5.74, 6) is 0.466. The number of rotatable bonds is 8. The van der Waals surface area contributed by atoms with Gasteiger partial charge in [0.15, 0.2) is 0 Å². The Hall–Kier alpha value is -1.60. The number of ether oxygens (including phenoxy) is 1. The molecule has 1 rings (SSSR count). The van der Waals surface area contributed by atoms with Gasteiger partial charge in [0, 0.05) is 11.6 Å². The van der Waals surface area contributed by atoms with E-state index in [1.807, 2.05) is 27.8 Å². The van der Waals surface area contributed by atoms with Gasteiger partial charge in [0.1, 0.15) is 11.6 Å². The van der Waals surface area contributed by atoms with Gasteiger partial charge in [0.05, 0.1) is 18.1 Å². The lowest BCUT2D eigenvalue weighted by molar-refractivity contribution is 0.290. The zero-order valence-corrected chi connectivity index (χ0v) is 13.4. The molecule has 0 saturated carbocycles. The average molecular weight is 292 g/mol. The Morgan fingerprint density at radius 3 is 2.71 bits per heavy atom. The number of unbranched alkanes of at least 4 members (excludes halogenated alkanes) is 1. The molecule has 4 heteroatoms. The van der Waals surface area contributed by atoms with Crippen LogP contribution >= 0.6 is 0 Å². The summed E-state index contributed by atoms with van der Waals surface area (Å²) in [5.41, 5.74) is 0.552. The van der Waals surface area contributed by atoms with Crippen molar-refractivity contribution in [3.63, 3.8) is 0 Å². The zero-order chi connectivity index (χ0) is 15.9. The van der Waals surface area contributed by atoms with E-state index in [-0.39, 0.29) is 17.3 Å². The van der Waals surface area contributed by atoms with Gasteiger partial charge in [-0.1, -0.05) is 0 Å². The summed E-state index contributed by atoms with van der Waals surface area (Å²) < 4.78 is 19.1. The van der Waals surface area contributed by atoms with E-state index in [1.54, 1.807) is 6.07 Å². The van der Waals surface area contributed by atoms with Crippen LogP contribution in [0.3, 0.4) is 0 Å². The van der Waals surface area contributed by atoms with Crippen molar-refractivity contribution >= 4 is 0 Å². The molecular weight excluding hydrogens is 267 g/mol. The highest BCUT2D eigenvalue weighted by atomic mass is 19.1. The molecule has 0 heterocycles. The molecule has 0 aliphatic carbocycles. The molecule has 0 spiro atoms. The summed E-state index contributed by atoms with van der Waals surface area (Å²) in [6, 6.07) is 6.94. The molecular formula is C17H25FN2O. The van der Waals surface area contributed by atoms with E-state index in [4.69, 9.17) is 10.00 Å². The van der Waals surface area contributed by atoms with Gasteiger partial charge in [0.25, 0.3) is 0 Å². The highest BCUT2D eigenvalue weighted by molar-refractivity contribution is 5.36. The maximum atomic E-state index is 13.3. The molecule has 0 radical (unpaired) electrons. The third-order valence-corrected chi connectivity index (χ3v) is 3.63. The second-order valence-electron chi connectivity index (χ2n) is 5.99. The Morgan fingerprint density at radius 1 is 1.38 bits per heavy atom. The molecule has 0 amide bonds. The quantitative estimate of drug-likeness (QED) is 0.730. The molecule has 0 aliphatic heterocycles. The molecule has 1 unspecified atom stereocenters. The van der Waals surface area contributed by atoms with Crippen molar-refractivity contribution in [2.45, 2.75) is 46.1 Å². The Morgan fingerprint density at radius 2 is 2.10 bits per heavy atom. The third kappa shape index (κ3) is 5.73. The summed E-state index contributed by atoms with van der Waals surface area (Å²) in [6.07, 6.45) is 2.69. The van der Waals surface area contributed by atoms with E-state index in [2.05, 4.69) is 11.4 Å². The van der Waals surface area contributed by atoms with E-state index in [9.17, 15) is 4.39 Å². The van der Waals surface area contributed by atoms with Crippen LogP contribution in [0.2, 0.25) is 0 Å². The van der Waals surface area contributed by atoms with Crippen LogP contribution in [-0.2, 0) is 0 Å². The van der Waals surface area contributed by atoms with Gasteiger partial charge in [-0.2, -0.15) is 5.26 Å². The Balaban J connectivity index is 2.51. The van der Waals surface area contributed by atoms with E-state index >= 15 is 0 Å². The number of nitrogens with one attached hydrogen (secondary N) is 1. The highest BCUT2D eigenvalue weighted by Crippen LogP contribution is 2.26. The number of hydrogen-bond acceptors (Lipinski definition) is 3. The molecule has 0 aliphatic rings. The van der Waals surface area contributed by atoms with Crippen LogP contribution in [0.15, 0.2) is 18.2 Å². The number of hydrogen-bond donors (Lipinski definition) is 1. The largest absolute Gasteiger partial charge is 0.493 e. The Bertz CT molecular complexity index is 494. The van der Waals surface area contributed by atoms with Crippen molar-refractivity contribution in [2.24, 2.45) is 5.41 Å². The second-order valence-corrected chi connectivity index (χ2v) is 5.99. The first-order valence-electron chi connectivity index (χ1n) is 7.40. The fraction of sp³-hybridized carbons (Fsp3) is 0.588. The molecule has 0 aromatic heterocycles. The summed E-state index contributed by atoms with van der Waals surface area (Å²) in [4.78, 5) is 0. The molecule has 1 N–H and O–H groups in total. The van der Waals surface area contributed by atoms with Gasteiger partial charge < -0.3 is 10.1 Å². The number of nitrogens with zero attached hydrogens (tertiary/aromatic N) is 1.